The molecule has 1 amide bonds. The Hall–Kier alpha value is -0.940. The number of carbonyl (C=O) groups excluding carboxylic acids is 1. The standard InChI is InChI=1S/C13H23N3OS/c1-8(2)5-11(7-14)6-12(17)16-13-15-9(3)10(4)18-13/h8,11H,5-7,14H2,1-4H3,(H,15,16,17). The molecular formula is C13H23N3OS. The molecule has 0 aliphatic heterocycles. The van der Waals surface area contributed by atoms with Crippen molar-refractivity contribution in [3.63, 3.8) is 0 Å². The molecule has 5 heteroatoms. The molecule has 1 rings (SSSR count). The van der Waals surface area contributed by atoms with E-state index < -0.39 is 0 Å². The Balaban J connectivity index is 2.50. The van der Waals surface area contributed by atoms with E-state index >= 15 is 0 Å². The van der Waals surface area contributed by atoms with Crippen molar-refractivity contribution >= 4 is 22.4 Å². The van der Waals surface area contributed by atoms with Gasteiger partial charge in [0, 0.05) is 11.3 Å². The van der Waals surface area contributed by atoms with Crippen LogP contribution in [0.4, 0.5) is 5.13 Å². The molecule has 102 valence electrons. The summed E-state index contributed by atoms with van der Waals surface area (Å²) in [5.74, 6) is 0.836. The highest BCUT2D eigenvalue weighted by Crippen LogP contribution is 2.22. The second-order valence-corrected chi connectivity index (χ2v) is 6.35. The van der Waals surface area contributed by atoms with Gasteiger partial charge in [0.15, 0.2) is 5.13 Å². The number of anilines is 1. The van der Waals surface area contributed by atoms with Crippen molar-refractivity contribution in [2.45, 2.75) is 40.5 Å². The molecule has 1 atom stereocenters. The molecule has 0 saturated carbocycles. The van der Waals surface area contributed by atoms with Crippen molar-refractivity contribution in [3.05, 3.63) is 10.6 Å². The summed E-state index contributed by atoms with van der Waals surface area (Å²) in [5, 5.41) is 3.54. The normalized spacial score (nSPS) is 12.8. The van der Waals surface area contributed by atoms with Crippen LogP contribution in [0.25, 0.3) is 0 Å². The molecule has 0 aliphatic rings. The fourth-order valence-corrected chi connectivity index (χ4v) is 2.72. The summed E-state index contributed by atoms with van der Waals surface area (Å²) in [6.07, 6.45) is 1.46. The van der Waals surface area contributed by atoms with E-state index in [9.17, 15) is 4.79 Å². The zero-order chi connectivity index (χ0) is 13.7. The van der Waals surface area contributed by atoms with E-state index in [0.29, 0.717) is 24.0 Å². The van der Waals surface area contributed by atoms with Gasteiger partial charge in [0.2, 0.25) is 5.91 Å². The Labute approximate surface area is 113 Å². The molecule has 0 aromatic carbocycles. The van der Waals surface area contributed by atoms with Crippen LogP contribution < -0.4 is 11.1 Å². The van der Waals surface area contributed by atoms with E-state index in [1.165, 1.54) is 11.3 Å². The maximum Gasteiger partial charge on any atom is 0.226 e. The van der Waals surface area contributed by atoms with Gasteiger partial charge < -0.3 is 11.1 Å². The lowest BCUT2D eigenvalue weighted by Crippen LogP contribution is -2.23. The minimum absolute atomic E-state index is 0.0138. The third-order valence-corrected chi connectivity index (χ3v) is 3.88. The summed E-state index contributed by atoms with van der Waals surface area (Å²) in [7, 11) is 0. The third kappa shape index (κ3) is 4.74. The second-order valence-electron chi connectivity index (χ2n) is 5.14. The molecule has 0 fully saturated rings. The van der Waals surface area contributed by atoms with Crippen molar-refractivity contribution in [1.29, 1.82) is 0 Å². The molecule has 1 unspecified atom stereocenters. The minimum atomic E-state index is 0.0138. The Bertz CT molecular complexity index is 381. The van der Waals surface area contributed by atoms with Crippen LogP contribution in [-0.2, 0) is 4.79 Å². The smallest absolute Gasteiger partial charge is 0.226 e. The number of aryl methyl sites for hydroxylation is 2. The van der Waals surface area contributed by atoms with Crippen LogP contribution in [0.3, 0.4) is 0 Å². The van der Waals surface area contributed by atoms with Gasteiger partial charge >= 0.3 is 0 Å². The first-order chi connectivity index (χ1) is 8.42. The Kier molecular flexibility index (Phi) is 5.75. The molecular weight excluding hydrogens is 246 g/mol. The van der Waals surface area contributed by atoms with Crippen molar-refractivity contribution in [1.82, 2.24) is 4.98 Å². The number of nitrogens with zero attached hydrogens (tertiary/aromatic N) is 1. The lowest BCUT2D eigenvalue weighted by atomic mass is 9.94. The van der Waals surface area contributed by atoms with Gasteiger partial charge in [0.1, 0.15) is 0 Å². The van der Waals surface area contributed by atoms with E-state index in [-0.39, 0.29) is 11.8 Å². The highest BCUT2D eigenvalue weighted by molar-refractivity contribution is 7.15. The number of rotatable bonds is 6. The number of hydrogen-bond acceptors (Lipinski definition) is 4. The first-order valence-electron chi connectivity index (χ1n) is 6.36. The Morgan fingerprint density at radius 1 is 1.44 bits per heavy atom. The largest absolute Gasteiger partial charge is 0.330 e. The van der Waals surface area contributed by atoms with E-state index in [1.54, 1.807) is 0 Å². The number of hydrogen-bond donors (Lipinski definition) is 2. The van der Waals surface area contributed by atoms with Gasteiger partial charge in [-0.15, -0.1) is 11.3 Å². The highest BCUT2D eigenvalue weighted by atomic mass is 32.1. The first kappa shape index (κ1) is 15.1. The van der Waals surface area contributed by atoms with Crippen LogP contribution in [0.5, 0.6) is 0 Å². The van der Waals surface area contributed by atoms with E-state index in [1.807, 2.05) is 13.8 Å². The van der Waals surface area contributed by atoms with Crippen LogP contribution in [0.15, 0.2) is 0 Å². The van der Waals surface area contributed by atoms with Crippen LogP contribution >= 0.6 is 11.3 Å². The van der Waals surface area contributed by atoms with E-state index in [2.05, 4.69) is 24.1 Å². The summed E-state index contributed by atoms with van der Waals surface area (Å²) >= 11 is 1.52. The highest BCUT2D eigenvalue weighted by Gasteiger charge is 2.15. The molecule has 4 nitrogen and oxygen atoms in total. The zero-order valence-electron chi connectivity index (χ0n) is 11.6. The number of nitrogens with one attached hydrogen (secondary N) is 1. The number of aromatic nitrogens is 1. The van der Waals surface area contributed by atoms with Gasteiger partial charge in [-0.3, -0.25) is 4.79 Å². The average molecular weight is 269 g/mol. The average Bonchev–Trinajstić information content (AvgIpc) is 2.56. The monoisotopic (exact) mass is 269 g/mol. The van der Waals surface area contributed by atoms with Gasteiger partial charge in [-0.1, -0.05) is 13.8 Å². The van der Waals surface area contributed by atoms with Gasteiger partial charge in [0.05, 0.1) is 5.69 Å². The predicted octanol–water partition coefficient (Wildman–Crippen LogP) is 2.71. The van der Waals surface area contributed by atoms with Gasteiger partial charge in [-0.2, -0.15) is 0 Å². The molecule has 1 heterocycles. The second kappa shape index (κ2) is 6.85. The van der Waals surface area contributed by atoms with Crippen LogP contribution in [0.1, 0.15) is 37.3 Å². The molecule has 18 heavy (non-hydrogen) atoms. The zero-order valence-corrected chi connectivity index (χ0v) is 12.4. The number of thiazole rings is 1. The Morgan fingerprint density at radius 3 is 2.56 bits per heavy atom. The van der Waals surface area contributed by atoms with Crippen LogP contribution in [0.2, 0.25) is 0 Å². The number of amides is 1. The molecule has 0 bridgehead atoms. The maximum absolute atomic E-state index is 11.9. The van der Waals surface area contributed by atoms with Gasteiger partial charge in [0.25, 0.3) is 0 Å². The van der Waals surface area contributed by atoms with Crippen LogP contribution in [-0.4, -0.2) is 17.4 Å². The van der Waals surface area contributed by atoms with Crippen molar-refractivity contribution < 1.29 is 4.79 Å². The molecule has 0 saturated heterocycles. The van der Waals surface area contributed by atoms with Crippen molar-refractivity contribution in [3.8, 4) is 0 Å². The van der Waals surface area contributed by atoms with Crippen molar-refractivity contribution in [2.75, 3.05) is 11.9 Å². The quantitative estimate of drug-likeness (QED) is 0.834. The summed E-state index contributed by atoms with van der Waals surface area (Å²) in [4.78, 5) is 17.3. The fourth-order valence-electron chi connectivity index (χ4n) is 1.89. The lowest BCUT2D eigenvalue weighted by molar-refractivity contribution is -0.117. The fraction of sp³-hybridized carbons (Fsp3) is 0.692. The summed E-state index contributed by atoms with van der Waals surface area (Å²) < 4.78 is 0. The number of nitrogens with two attached hydrogens (primary N) is 1. The van der Waals surface area contributed by atoms with Gasteiger partial charge in [-0.25, -0.2) is 4.98 Å². The van der Waals surface area contributed by atoms with E-state index in [0.717, 1.165) is 17.0 Å². The minimum Gasteiger partial charge on any atom is -0.330 e. The number of carbonyl (C=O) groups is 1. The SMILES string of the molecule is Cc1nc(NC(=O)CC(CN)CC(C)C)sc1C. The summed E-state index contributed by atoms with van der Waals surface area (Å²) in [6.45, 7) is 8.80. The maximum atomic E-state index is 11.9. The molecule has 0 radical (unpaired) electrons. The third-order valence-electron chi connectivity index (χ3n) is 2.89. The topological polar surface area (TPSA) is 68.0 Å². The van der Waals surface area contributed by atoms with E-state index in [4.69, 9.17) is 5.73 Å². The predicted molar refractivity (Wildman–Crippen MR) is 76.8 cm³/mol. The molecule has 0 aliphatic carbocycles. The Morgan fingerprint density at radius 2 is 2.11 bits per heavy atom. The molecule has 1 aromatic heterocycles. The summed E-state index contributed by atoms with van der Waals surface area (Å²) in [6, 6.07) is 0. The molecule has 0 spiro atoms. The van der Waals surface area contributed by atoms with Gasteiger partial charge in [-0.05, 0) is 38.6 Å². The van der Waals surface area contributed by atoms with Crippen LogP contribution in [0, 0.1) is 25.7 Å². The lowest BCUT2D eigenvalue weighted by Gasteiger charge is -2.15. The summed E-state index contributed by atoms with van der Waals surface area (Å²) in [5.41, 5.74) is 6.68. The molecule has 1 aromatic rings. The van der Waals surface area contributed by atoms with Crippen molar-refractivity contribution in [2.24, 2.45) is 17.6 Å². The molecule has 3 N–H and O–H groups in total. The first-order valence-corrected chi connectivity index (χ1v) is 7.18.